The zero-order valence-electron chi connectivity index (χ0n) is 12.6. The Morgan fingerprint density at radius 1 is 1.45 bits per heavy atom. The molecule has 3 atom stereocenters. The molecule has 0 heterocycles. The minimum absolute atomic E-state index is 0.0923. The van der Waals surface area contributed by atoms with E-state index < -0.39 is 10.8 Å². The summed E-state index contributed by atoms with van der Waals surface area (Å²) in [5.74, 6) is 2.23. The van der Waals surface area contributed by atoms with E-state index in [4.69, 9.17) is 10.5 Å². The van der Waals surface area contributed by atoms with Crippen LogP contribution in [0.25, 0.3) is 0 Å². The van der Waals surface area contributed by atoms with E-state index >= 15 is 0 Å². The molecule has 4 heteroatoms. The van der Waals surface area contributed by atoms with Crippen LogP contribution in [0.4, 0.5) is 0 Å². The van der Waals surface area contributed by atoms with E-state index in [1.807, 2.05) is 12.1 Å². The highest BCUT2D eigenvalue weighted by Gasteiger charge is 2.31. The van der Waals surface area contributed by atoms with Crippen molar-refractivity contribution >= 4 is 10.8 Å². The zero-order valence-corrected chi connectivity index (χ0v) is 13.4. The molecule has 1 aromatic carbocycles. The van der Waals surface area contributed by atoms with Gasteiger partial charge in [-0.15, -0.1) is 0 Å². The minimum atomic E-state index is -0.828. The Balaban J connectivity index is 2.11. The molecule has 1 aliphatic carbocycles. The zero-order chi connectivity index (χ0) is 14.7. The van der Waals surface area contributed by atoms with Crippen LogP contribution in [0, 0.1) is 5.92 Å². The SMILES string of the molecule is COc1ccc2c(c1)CCC(S(=O)CCC(C)C)C2N. The normalized spacial score (nSPS) is 23.4. The number of aryl methyl sites for hydroxylation is 1. The van der Waals surface area contributed by atoms with Gasteiger partial charge in [-0.3, -0.25) is 4.21 Å². The van der Waals surface area contributed by atoms with Crippen LogP contribution in [0.5, 0.6) is 5.75 Å². The number of benzene rings is 1. The number of hydrogen-bond acceptors (Lipinski definition) is 3. The van der Waals surface area contributed by atoms with Gasteiger partial charge < -0.3 is 10.5 Å². The lowest BCUT2D eigenvalue weighted by molar-refractivity contribution is 0.413. The molecule has 1 aromatic rings. The van der Waals surface area contributed by atoms with Crippen LogP contribution in [-0.2, 0) is 17.2 Å². The summed E-state index contributed by atoms with van der Waals surface area (Å²) < 4.78 is 17.7. The number of fused-ring (bicyclic) bond motifs is 1. The number of nitrogens with two attached hydrogens (primary N) is 1. The highest BCUT2D eigenvalue weighted by molar-refractivity contribution is 7.85. The van der Waals surface area contributed by atoms with Crippen LogP contribution >= 0.6 is 0 Å². The topological polar surface area (TPSA) is 52.3 Å². The summed E-state index contributed by atoms with van der Waals surface area (Å²) >= 11 is 0. The molecule has 20 heavy (non-hydrogen) atoms. The Hall–Kier alpha value is -0.870. The van der Waals surface area contributed by atoms with E-state index in [2.05, 4.69) is 19.9 Å². The number of methoxy groups -OCH3 is 1. The molecule has 0 fully saturated rings. The summed E-state index contributed by atoms with van der Waals surface area (Å²) in [5.41, 5.74) is 8.74. The van der Waals surface area contributed by atoms with Gasteiger partial charge in [0.15, 0.2) is 0 Å². The van der Waals surface area contributed by atoms with Gasteiger partial charge in [-0.25, -0.2) is 0 Å². The third-order valence-corrected chi connectivity index (χ3v) is 5.88. The van der Waals surface area contributed by atoms with Crippen molar-refractivity contribution in [3.63, 3.8) is 0 Å². The Labute approximate surface area is 124 Å². The summed E-state index contributed by atoms with van der Waals surface area (Å²) in [5, 5.41) is 0.0923. The van der Waals surface area contributed by atoms with E-state index in [1.54, 1.807) is 7.11 Å². The largest absolute Gasteiger partial charge is 0.497 e. The summed E-state index contributed by atoms with van der Waals surface area (Å²) in [6, 6.07) is 5.92. The molecule has 0 aliphatic heterocycles. The molecule has 3 unspecified atom stereocenters. The lowest BCUT2D eigenvalue weighted by Crippen LogP contribution is -2.36. The Morgan fingerprint density at radius 3 is 2.85 bits per heavy atom. The smallest absolute Gasteiger partial charge is 0.119 e. The summed E-state index contributed by atoms with van der Waals surface area (Å²) in [4.78, 5) is 0. The molecule has 0 saturated heterocycles. The fourth-order valence-electron chi connectivity index (χ4n) is 2.73. The third kappa shape index (κ3) is 3.41. The lowest BCUT2D eigenvalue weighted by atomic mass is 9.87. The first-order valence-corrected chi connectivity index (χ1v) is 8.70. The predicted molar refractivity (Wildman–Crippen MR) is 84.5 cm³/mol. The van der Waals surface area contributed by atoms with Gasteiger partial charge in [-0.2, -0.15) is 0 Å². The summed E-state index contributed by atoms with van der Waals surface area (Å²) in [6.45, 7) is 4.33. The maximum Gasteiger partial charge on any atom is 0.119 e. The van der Waals surface area contributed by atoms with E-state index in [0.29, 0.717) is 5.92 Å². The molecule has 0 saturated carbocycles. The molecule has 0 amide bonds. The molecule has 0 bridgehead atoms. The first-order valence-electron chi connectivity index (χ1n) is 7.32. The van der Waals surface area contributed by atoms with Gasteiger partial charge in [0.2, 0.25) is 0 Å². The second-order valence-electron chi connectivity index (χ2n) is 5.94. The van der Waals surface area contributed by atoms with Gasteiger partial charge in [0.05, 0.1) is 12.4 Å². The standard InChI is InChI=1S/C16H25NO2S/c1-11(2)8-9-20(18)15-7-4-12-10-13(19-3)5-6-14(12)16(15)17/h5-6,10-11,15-16H,4,7-9,17H2,1-3H3. The number of hydrogen-bond donors (Lipinski definition) is 1. The van der Waals surface area contributed by atoms with Crippen molar-refractivity contribution in [2.75, 3.05) is 12.9 Å². The van der Waals surface area contributed by atoms with Crippen LogP contribution in [0.15, 0.2) is 18.2 Å². The number of rotatable bonds is 5. The van der Waals surface area contributed by atoms with Crippen molar-refractivity contribution in [2.45, 2.75) is 44.4 Å². The first-order chi connectivity index (χ1) is 9.52. The van der Waals surface area contributed by atoms with Gasteiger partial charge in [0.25, 0.3) is 0 Å². The van der Waals surface area contributed by atoms with Crippen LogP contribution in [0.3, 0.4) is 0 Å². The second-order valence-corrected chi connectivity index (χ2v) is 7.71. The van der Waals surface area contributed by atoms with Gasteiger partial charge in [0.1, 0.15) is 5.75 Å². The maximum absolute atomic E-state index is 12.5. The Morgan fingerprint density at radius 2 is 2.20 bits per heavy atom. The summed E-state index contributed by atoms with van der Waals surface area (Å²) in [6.07, 6.45) is 2.86. The molecule has 3 nitrogen and oxygen atoms in total. The quantitative estimate of drug-likeness (QED) is 0.909. The molecular formula is C16H25NO2S. The van der Waals surface area contributed by atoms with Gasteiger partial charge in [-0.1, -0.05) is 19.9 Å². The Kier molecular flexibility index (Phi) is 5.22. The highest BCUT2D eigenvalue weighted by Crippen LogP contribution is 2.33. The average Bonchev–Trinajstić information content (AvgIpc) is 2.44. The van der Waals surface area contributed by atoms with Crippen LogP contribution in [0.1, 0.15) is 43.9 Å². The molecule has 112 valence electrons. The van der Waals surface area contributed by atoms with Crippen molar-refractivity contribution in [2.24, 2.45) is 11.7 Å². The van der Waals surface area contributed by atoms with Crippen molar-refractivity contribution < 1.29 is 8.95 Å². The lowest BCUT2D eigenvalue weighted by Gasteiger charge is -2.30. The van der Waals surface area contributed by atoms with E-state index in [0.717, 1.165) is 36.3 Å². The third-order valence-electron chi connectivity index (χ3n) is 4.04. The molecule has 0 spiro atoms. The monoisotopic (exact) mass is 295 g/mol. The van der Waals surface area contributed by atoms with Crippen LogP contribution in [-0.4, -0.2) is 22.3 Å². The van der Waals surface area contributed by atoms with E-state index in [-0.39, 0.29) is 11.3 Å². The second kappa shape index (κ2) is 6.72. The fraction of sp³-hybridized carbons (Fsp3) is 0.625. The first kappa shape index (κ1) is 15.5. The van der Waals surface area contributed by atoms with E-state index in [9.17, 15) is 4.21 Å². The van der Waals surface area contributed by atoms with Crippen LogP contribution < -0.4 is 10.5 Å². The van der Waals surface area contributed by atoms with Crippen LogP contribution in [0.2, 0.25) is 0 Å². The van der Waals surface area contributed by atoms with Gasteiger partial charge in [0, 0.05) is 22.6 Å². The van der Waals surface area contributed by atoms with Crippen molar-refractivity contribution in [3.05, 3.63) is 29.3 Å². The maximum atomic E-state index is 12.5. The van der Waals surface area contributed by atoms with Crippen molar-refractivity contribution in [1.82, 2.24) is 0 Å². The average molecular weight is 295 g/mol. The molecule has 2 N–H and O–H groups in total. The molecule has 0 radical (unpaired) electrons. The molecular weight excluding hydrogens is 270 g/mol. The molecule has 2 rings (SSSR count). The van der Waals surface area contributed by atoms with E-state index in [1.165, 1.54) is 5.56 Å². The van der Waals surface area contributed by atoms with Crippen molar-refractivity contribution in [1.29, 1.82) is 0 Å². The predicted octanol–water partition coefficient (Wildman–Crippen LogP) is 2.80. The Bertz CT molecular complexity index is 487. The minimum Gasteiger partial charge on any atom is -0.497 e. The van der Waals surface area contributed by atoms with Gasteiger partial charge >= 0.3 is 0 Å². The fourth-order valence-corrected chi connectivity index (χ4v) is 4.59. The molecule has 1 aliphatic rings. The van der Waals surface area contributed by atoms with Gasteiger partial charge in [-0.05, 0) is 48.4 Å². The highest BCUT2D eigenvalue weighted by atomic mass is 32.2. The van der Waals surface area contributed by atoms with Crippen molar-refractivity contribution in [3.8, 4) is 5.75 Å². The molecule has 0 aromatic heterocycles. The summed E-state index contributed by atoms with van der Waals surface area (Å²) in [7, 11) is 0.847. The number of ether oxygens (including phenoxy) is 1.